The third-order valence-corrected chi connectivity index (χ3v) is 1.73. The second-order valence-corrected chi connectivity index (χ2v) is 2.90. The van der Waals surface area contributed by atoms with Crippen molar-refractivity contribution in [2.24, 2.45) is 0 Å². The van der Waals surface area contributed by atoms with Crippen molar-refractivity contribution in [1.29, 1.82) is 0 Å². The molecule has 2 nitrogen and oxygen atoms in total. The molecule has 0 unspecified atom stereocenters. The van der Waals surface area contributed by atoms with Gasteiger partial charge in [0.1, 0.15) is 0 Å². The maximum absolute atomic E-state index is 12.7. The minimum atomic E-state index is -0.514. The van der Waals surface area contributed by atoms with Crippen LogP contribution in [0.5, 0.6) is 0 Å². The molecule has 70 valence electrons. The highest BCUT2D eigenvalue weighted by atomic mass is 19.1. The van der Waals surface area contributed by atoms with Crippen LogP contribution < -0.4 is 0 Å². The van der Waals surface area contributed by atoms with Gasteiger partial charge in [0.2, 0.25) is 5.95 Å². The Morgan fingerprint density at radius 3 is 2.85 bits per heavy atom. The Labute approximate surface area is 76.7 Å². The summed E-state index contributed by atoms with van der Waals surface area (Å²) in [5.74, 6) is -0.514. The standard InChI is InChI=1S/C10H12FNO/c1-7(2)10-8(5-6-13)3-4-9(11)12-10/h3-4,13H,1,5-6H2,2H3. The van der Waals surface area contributed by atoms with Gasteiger partial charge < -0.3 is 5.11 Å². The maximum Gasteiger partial charge on any atom is 0.213 e. The molecule has 1 heterocycles. The Balaban J connectivity index is 3.10. The van der Waals surface area contributed by atoms with Gasteiger partial charge in [-0.2, -0.15) is 4.39 Å². The van der Waals surface area contributed by atoms with Gasteiger partial charge in [0.25, 0.3) is 0 Å². The first-order chi connectivity index (χ1) is 6.15. The molecule has 0 fully saturated rings. The van der Waals surface area contributed by atoms with E-state index in [-0.39, 0.29) is 6.61 Å². The normalized spacial score (nSPS) is 10.1. The number of pyridine rings is 1. The van der Waals surface area contributed by atoms with Crippen molar-refractivity contribution in [3.8, 4) is 0 Å². The monoisotopic (exact) mass is 181 g/mol. The van der Waals surface area contributed by atoms with E-state index in [1.165, 1.54) is 6.07 Å². The lowest BCUT2D eigenvalue weighted by atomic mass is 10.1. The van der Waals surface area contributed by atoms with Gasteiger partial charge in [0.15, 0.2) is 0 Å². The quantitative estimate of drug-likeness (QED) is 0.721. The van der Waals surface area contributed by atoms with Crippen LogP contribution in [0, 0.1) is 5.95 Å². The fourth-order valence-corrected chi connectivity index (χ4v) is 1.16. The fraction of sp³-hybridized carbons (Fsp3) is 0.300. The molecular formula is C10H12FNO. The third-order valence-electron chi connectivity index (χ3n) is 1.73. The number of aromatic nitrogens is 1. The van der Waals surface area contributed by atoms with Crippen LogP contribution in [-0.4, -0.2) is 16.7 Å². The Kier molecular flexibility index (Phi) is 3.14. The molecule has 1 aromatic rings. The van der Waals surface area contributed by atoms with Gasteiger partial charge in [-0.05, 0) is 30.5 Å². The second-order valence-electron chi connectivity index (χ2n) is 2.90. The molecule has 0 amide bonds. The van der Waals surface area contributed by atoms with Crippen LogP contribution >= 0.6 is 0 Å². The van der Waals surface area contributed by atoms with Crippen molar-refractivity contribution in [1.82, 2.24) is 4.98 Å². The van der Waals surface area contributed by atoms with Gasteiger partial charge in [0.05, 0.1) is 5.69 Å². The Bertz CT molecular complexity index is 323. The Morgan fingerprint density at radius 2 is 2.31 bits per heavy atom. The summed E-state index contributed by atoms with van der Waals surface area (Å²) in [7, 11) is 0. The molecule has 0 aliphatic heterocycles. The fourth-order valence-electron chi connectivity index (χ4n) is 1.16. The predicted molar refractivity (Wildman–Crippen MR) is 49.7 cm³/mol. The number of rotatable bonds is 3. The van der Waals surface area contributed by atoms with E-state index < -0.39 is 5.95 Å². The first kappa shape index (κ1) is 9.86. The summed E-state index contributed by atoms with van der Waals surface area (Å²) in [5.41, 5.74) is 2.09. The highest BCUT2D eigenvalue weighted by Crippen LogP contribution is 2.15. The highest BCUT2D eigenvalue weighted by Gasteiger charge is 2.05. The molecule has 0 aromatic carbocycles. The lowest BCUT2D eigenvalue weighted by molar-refractivity contribution is 0.299. The van der Waals surface area contributed by atoms with E-state index in [0.29, 0.717) is 17.7 Å². The van der Waals surface area contributed by atoms with Crippen LogP contribution in [0.4, 0.5) is 4.39 Å². The van der Waals surface area contributed by atoms with Crippen LogP contribution in [0.3, 0.4) is 0 Å². The van der Waals surface area contributed by atoms with E-state index >= 15 is 0 Å². The lowest BCUT2D eigenvalue weighted by Crippen LogP contribution is -2.00. The number of hydrogen-bond donors (Lipinski definition) is 1. The van der Waals surface area contributed by atoms with E-state index in [4.69, 9.17) is 5.11 Å². The molecule has 3 heteroatoms. The Morgan fingerprint density at radius 1 is 1.62 bits per heavy atom. The minimum Gasteiger partial charge on any atom is -0.396 e. The van der Waals surface area contributed by atoms with Gasteiger partial charge in [-0.15, -0.1) is 0 Å². The average molecular weight is 181 g/mol. The molecule has 1 rings (SSSR count). The summed E-state index contributed by atoms with van der Waals surface area (Å²) in [4.78, 5) is 3.71. The molecule has 0 atom stereocenters. The summed E-state index contributed by atoms with van der Waals surface area (Å²) in [6, 6.07) is 2.92. The zero-order valence-corrected chi connectivity index (χ0v) is 7.55. The number of halogens is 1. The Hall–Kier alpha value is -1.22. The van der Waals surface area contributed by atoms with Gasteiger partial charge in [-0.1, -0.05) is 12.6 Å². The molecule has 0 saturated carbocycles. The zero-order chi connectivity index (χ0) is 9.84. The molecule has 1 N–H and O–H groups in total. The van der Waals surface area contributed by atoms with Gasteiger partial charge >= 0.3 is 0 Å². The molecule has 1 aromatic heterocycles. The largest absolute Gasteiger partial charge is 0.396 e. The summed E-state index contributed by atoms with van der Waals surface area (Å²) >= 11 is 0. The highest BCUT2D eigenvalue weighted by molar-refractivity contribution is 5.60. The summed E-state index contributed by atoms with van der Waals surface area (Å²) in [6.45, 7) is 5.50. The predicted octanol–water partition coefficient (Wildman–Crippen LogP) is 1.79. The summed E-state index contributed by atoms with van der Waals surface area (Å²) < 4.78 is 12.7. The molecule has 0 spiro atoms. The van der Waals surface area contributed by atoms with Crippen LogP contribution in [0.2, 0.25) is 0 Å². The van der Waals surface area contributed by atoms with Gasteiger partial charge in [-0.25, -0.2) is 4.98 Å². The number of hydrogen-bond acceptors (Lipinski definition) is 2. The van der Waals surface area contributed by atoms with Crippen LogP contribution in [0.1, 0.15) is 18.2 Å². The topological polar surface area (TPSA) is 33.1 Å². The van der Waals surface area contributed by atoms with Crippen molar-refractivity contribution < 1.29 is 9.50 Å². The van der Waals surface area contributed by atoms with Gasteiger partial charge in [-0.3, -0.25) is 0 Å². The van der Waals surface area contributed by atoms with E-state index in [1.54, 1.807) is 13.0 Å². The molecule has 0 aliphatic carbocycles. The van der Waals surface area contributed by atoms with E-state index in [1.807, 2.05) is 0 Å². The third kappa shape index (κ3) is 2.36. The van der Waals surface area contributed by atoms with Crippen molar-refractivity contribution in [2.75, 3.05) is 6.61 Å². The minimum absolute atomic E-state index is 0.0353. The SMILES string of the molecule is C=C(C)c1nc(F)ccc1CCO. The van der Waals surface area contributed by atoms with Gasteiger partial charge in [0, 0.05) is 6.61 Å². The molecular weight excluding hydrogens is 169 g/mol. The lowest BCUT2D eigenvalue weighted by Gasteiger charge is -2.06. The smallest absolute Gasteiger partial charge is 0.213 e. The number of nitrogens with zero attached hydrogens (tertiary/aromatic N) is 1. The molecule has 0 bridgehead atoms. The van der Waals surface area contributed by atoms with Crippen molar-refractivity contribution in [2.45, 2.75) is 13.3 Å². The first-order valence-electron chi connectivity index (χ1n) is 4.07. The molecule has 0 saturated heterocycles. The van der Waals surface area contributed by atoms with E-state index in [9.17, 15) is 4.39 Å². The summed E-state index contributed by atoms with van der Waals surface area (Å²) in [5, 5.41) is 8.74. The number of allylic oxidation sites excluding steroid dienone is 1. The van der Waals surface area contributed by atoms with Crippen molar-refractivity contribution >= 4 is 5.57 Å². The molecule has 13 heavy (non-hydrogen) atoms. The van der Waals surface area contributed by atoms with Crippen LogP contribution in [0.15, 0.2) is 18.7 Å². The molecule has 0 aliphatic rings. The van der Waals surface area contributed by atoms with E-state index in [2.05, 4.69) is 11.6 Å². The second kappa shape index (κ2) is 4.14. The van der Waals surface area contributed by atoms with E-state index in [0.717, 1.165) is 5.56 Å². The number of aliphatic hydroxyl groups is 1. The number of aliphatic hydroxyl groups excluding tert-OH is 1. The molecule has 0 radical (unpaired) electrons. The average Bonchev–Trinajstić information content (AvgIpc) is 2.08. The summed E-state index contributed by atoms with van der Waals surface area (Å²) in [6.07, 6.45) is 0.482. The van der Waals surface area contributed by atoms with Crippen LogP contribution in [-0.2, 0) is 6.42 Å². The van der Waals surface area contributed by atoms with Crippen molar-refractivity contribution in [3.05, 3.63) is 35.9 Å². The maximum atomic E-state index is 12.7. The van der Waals surface area contributed by atoms with Crippen LogP contribution in [0.25, 0.3) is 5.57 Å². The van der Waals surface area contributed by atoms with Crippen molar-refractivity contribution in [3.63, 3.8) is 0 Å². The first-order valence-corrected chi connectivity index (χ1v) is 4.07. The zero-order valence-electron chi connectivity index (χ0n) is 7.55.